The second-order valence-corrected chi connectivity index (χ2v) is 6.38. The predicted molar refractivity (Wildman–Crippen MR) is 89.1 cm³/mol. The van der Waals surface area contributed by atoms with Crippen molar-refractivity contribution in [3.63, 3.8) is 0 Å². The molecule has 0 saturated heterocycles. The van der Waals surface area contributed by atoms with Crippen molar-refractivity contribution in [2.45, 2.75) is 25.2 Å². The third-order valence-electron chi connectivity index (χ3n) is 3.13. The number of thioether (sulfide) groups is 1. The first-order valence-electron chi connectivity index (χ1n) is 7.43. The van der Waals surface area contributed by atoms with E-state index in [9.17, 15) is 4.79 Å². The summed E-state index contributed by atoms with van der Waals surface area (Å²) in [5.74, 6) is 1.08. The summed E-state index contributed by atoms with van der Waals surface area (Å²) in [5, 5.41) is 13.9. The van der Waals surface area contributed by atoms with E-state index in [1.807, 2.05) is 12.1 Å². The van der Waals surface area contributed by atoms with Crippen molar-refractivity contribution in [1.29, 1.82) is 0 Å². The van der Waals surface area contributed by atoms with Gasteiger partial charge in [-0.3, -0.25) is 10.1 Å². The van der Waals surface area contributed by atoms with Crippen molar-refractivity contribution in [3.05, 3.63) is 53.2 Å². The van der Waals surface area contributed by atoms with Gasteiger partial charge in [-0.15, -0.1) is 16.9 Å². The van der Waals surface area contributed by atoms with Crippen LogP contribution >= 0.6 is 11.8 Å². The van der Waals surface area contributed by atoms with Crippen LogP contribution in [0.1, 0.15) is 34.6 Å². The number of aryl methyl sites for hydroxylation is 1. The standard InChI is InChI=1S/C16H16N4O3S/c1-3-24-12-6-4-11(5-7-12)9-14-18-19-16(22-14)17-15(21)13-8-10(2)20-23-13/h4-8H,3,9H2,1-2H3,(H,17,19,21). The molecule has 7 nitrogen and oxygen atoms in total. The van der Waals surface area contributed by atoms with E-state index in [0.717, 1.165) is 11.3 Å². The number of nitrogens with one attached hydrogen (secondary N) is 1. The van der Waals surface area contributed by atoms with Gasteiger partial charge >= 0.3 is 6.01 Å². The Balaban J connectivity index is 1.61. The molecule has 1 N–H and O–H groups in total. The van der Waals surface area contributed by atoms with Crippen LogP contribution < -0.4 is 5.32 Å². The molecule has 1 aromatic carbocycles. The Morgan fingerprint density at radius 3 is 2.71 bits per heavy atom. The summed E-state index contributed by atoms with van der Waals surface area (Å²) < 4.78 is 10.3. The SMILES string of the molecule is CCSc1ccc(Cc2nnc(NC(=O)c3cc(C)no3)o2)cc1. The number of rotatable bonds is 6. The van der Waals surface area contributed by atoms with Crippen molar-refractivity contribution in [2.75, 3.05) is 11.1 Å². The molecule has 0 radical (unpaired) electrons. The maximum absolute atomic E-state index is 11.9. The number of nitrogens with zero attached hydrogens (tertiary/aromatic N) is 3. The van der Waals surface area contributed by atoms with Gasteiger partial charge in [0.2, 0.25) is 11.7 Å². The van der Waals surface area contributed by atoms with Gasteiger partial charge in [-0.25, -0.2) is 0 Å². The van der Waals surface area contributed by atoms with Crippen molar-refractivity contribution < 1.29 is 13.7 Å². The molecular weight excluding hydrogens is 328 g/mol. The minimum Gasteiger partial charge on any atom is -0.407 e. The van der Waals surface area contributed by atoms with Crippen LogP contribution in [0.15, 0.2) is 44.2 Å². The Morgan fingerprint density at radius 2 is 2.04 bits per heavy atom. The van der Waals surface area contributed by atoms with Crippen LogP contribution in [0.3, 0.4) is 0 Å². The van der Waals surface area contributed by atoms with E-state index in [4.69, 9.17) is 8.94 Å². The lowest BCUT2D eigenvalue weighted by atomic mass is 10.1. The minimum absolute atomic E-state index is 0.0298. The van der Waals surface area contributed by atoms with Gasteiger partial charge in [0, 0.05) is 11.0 Å². The average molecular weight is 344 g/mol. The highest BCUT2D eigenvalue weighted by Crippen LogP contribution is 2.19. The third-order valence-corrected chi connectivity index (χ3v) is 4.02. The summed E-state index contributed by atoms with van der Waals surface area (Å²) in [6.45, 7) is 3.85. The molecule has 0 aliphatic carbocycles. The summed E-state index contributed by atoms with van der Waals surface area (Å²) >= 11 is 1.79. The highest BCUT2D eigenvalue weighted by Gasteiger charge is 2.15. The van der Waals surface area contributed by atoms with Crippen LogP contribution in [-0.4, -0.2) is 27.0 Å². The Kier molecular flexibility index (Phi) is 4.95. The second kappa shape index (κ2) is 7.31. The van der Waals surface area contributed by atoms with E-state index in [0.29, 0.717) is 18.0 Å². The van der Waals surface area contributed by atoms with E-state index in [1.165, 1.54) is 11.0 Å². The third kappa shape index (κ3) is 4.02. The topological polar surface area (TPSA) is 94.1 Å². The minimum atomic E-state index is -0.480. The molecule has 2 heterocycles. The first-order chi connectivity index (χ1) is 11.6. The Hall–Kier alpha value is -2.61. The van der Waals surface area contributed by atoms with Crippen LogP contribution in [0.25, 0.3) is 0 Å². The summed E-state index contributed by atoms with van der Waals surface area (Å²) in [7, 11) is 0. The van der Waals surface area contributed by atoms with Crippen molar-refractivity contribution >= 4 is 23.7 Å². The molecule has 0 bridgehead atoms. The largest absolute Gasteiger partial charge is 0.407 e. The number of aromatic nitrogens is 3. The molecule has 0 aliphatic heterocycles. The maximum atomic E-state index is 11.9. The van der Waals surface area contributed by atoms with Gasteiger partial charge in [0.15, 0.2) is 0 Å². The Bertz CT molecular complexity index is 826. The monoisotopic (exact) mass is 344 g/mol. The van der Waals surface area contributed by atoms with Gasteiger partial charge in [0.25, 0.3) is 5.91 Å². The molecule has 1 amide bonds. The van der Waals surface area contributed by atoms with Crippen LogP contribution in [0.2, 0.25) is 0 Å². The number of carbonyl (C=O) groups excluding carboxylic acids is 1. The lowest BCUT2D eigenvalue weighted by Gasteiger charge is -2.00. The van der Waals surface area contributed by atoms with Gasteiger partial charge in [-0.1, -0.05) is 29.3 Å². The lowest BCUT2D eigenvalue weighted by molar-refractivity contribution is 0.0985. The highest BCUT2D eigenvalue weighted by molar-refractivity contribution is 7.99. The van der Waals surface area contributed by atoms with Gasteiger partial charge in [-0.05, 0) is 30.4 Å². The fourth-order valence-corrected chi connectivity index (χ4v) is 2.71. The summed E-state index contributed by atoms with van der Waals surface area (Å²) in [6.07, 6.45) is 0.501. The molecule has 0 spiro atoms. The fourth-order valence-electron chi connectivity index (χ4n) is 2.05. The molecule has 0 atom stereocenters. The van der Waals surface area contributed by atoms with Gasteiger partial charge < -0.3 is 8.94 Å². The van der Waals surface area contributed by atoms with Crippen LogP contribution in [-0.2, 0) is 6.42 Å². The van der Waals surface area contributed by atoms with Crippen LogP contribution in [0, 0.1) is 6.92 Å². The number of amides is 1. The molecular formula is C16H16N4O3S. The van der Waals surface area contributed by atoms with Crippen LogP contribution in [0.5, 0.6) is 0 Å². The number of benzene rings is 1. The van der Waals surface area contributed by atoms with E-state index in [1.54, 1.807) is 18.7 Å². The zero-order valence-electron chi connectivity index (χ0n) is 13.3. The summed E-state index contributed by atoms with van der Waals surface area (Å²) in [6, 6.07) is 9.74. The highest BCUT2D eigenvalue weighted by atomic mass is 32.2. The second-order valence-electron chi connectivity index (χ2n) is 5.04. The van der Waals surface area contributed by atoms with E-state index in [-0.39, 0.29) is 11.8 Å². The molecule has 24 heavy (non-hydrogen) atoms. The van der Waals surface area contributed by atoms with E-state index >= 15 is 0 Å². The quantitative estimate of drug-likeness (QED) is 0.685. The number of anilines is 1. The number of hydrogen-bond donors (Lipinski definition) is 1. The van der Waals surface area contributed by atoms with Crippen LogP contribution in [0.4, 0.5) is 6.01 Å². The molecule has 3 rings (SSSR count). The first kappa shape index (κ1) is 16.3. The summed E-state index contributed by atoms with van der Waals surface area (Å²) in [4.78, 5) is 13.1. The van der Waals surface area contributed by atoms with Gasteiger partial charge in [0.1, 0.15) is 0 Å². The number of carbonyl (C=O) groups is 1. The normalized spacial score (nSPS) is 10.8. The average Bonchev–Trinajstić information content (AvgIpc) is 3.19. The molecule has 0 aliphatic rings. The molecule has 2 aromatic heterocycles. The van der Waals surface area contributed by atoms with Gasteiger partial charge in [0.05, 0.1) is 12.1 Å². The van der Waals surface area contributed by atoms with Gasteiger partial charge in [-0.2, -0.15) is 0 Å². The molecule has 0 fully saturated rings. The fraction of sp³-hybridized carbons (Fsp3) is 0.250. The Labute approximate surface area is 142 Å². The zero-order chi connectivity index (χ0) is 16.9. The van der Waals surface area contributed by atoms with Crippen molar-refractivity contribution in [3.8, 4) is 0 Å². The zero-order valence-corrected chi connectivity index (χ0v) is 14.1. The molecule has 124 valence electrons. The van der Waals surface area contributed by atoms with Crippen molar-refractivity contribution in [1.82, 2.24) is 15.4 Å². The smallest absolute Gasteiger partial charge is 0.322 e. The summed E-state index contributed by atoms with van der Waals surface area (Å²) in [5.41, 5.74) is 1.68. The van der Waals surface area contributed by atoms with Crippen molar-refractivity contribution in [2.24, 2.45) is 0 Å². The maximum Gasteiger partial charge on any atom is 0.322 e. The molecule has 3 aromatic rings. The molecule has 0 unspecified atom stereocenters. The van der Waals surface area contributed by atoms with E-state index in [2.05, 4.69) is 39.7 Å². The molecule has 8 heteroatoms. The Morgan fingerprint density at radius 1 is 1.25 bits per heavy atom. The van der Waals surface area contributed by atoms with E-state index < -0.39 is 5.91 Å². The lowest BCUT2D eigenvalue weighted by Crippen LogP contribution is -2.11. The molecule has 0 saturated carbocycles. The predicted octanol–water partition coefficient (Wildman–Crippen LogP) is 3.32. The number of hydrogen-bond acceptors (Lipinski definition) is 7. The first-order valence-corrected chi connectivity index (χ1v) is 8.41.